The van der Waals surface area contributed by atoms with E-state index in [4.69, 9.17) is 23.2 Å². The molecule has 6 heteroatoms. The lowest BCUT2D eigenvalue weighted by atomic mass is 10.1. The van der Waals surface area contributed by atoms with Crippen molar-refractivity contribution in [2.75, 3.05) is 0 Å². The van der Waals surface area contributed by atoms with Crippen LogP contribution in [0.4, 0.5) is 0 Å². The second-order valence-electron chi connectivity index (χ2n) is 6.38. The van der Waals surface area contributed by atoms with E-state index in [-0.39, 0.29) is 11.8 Å². The molecule has 0 aliphatic carbocycles. The Labute approximate surface area is 170 Å². The van der Waals surface area contributed by atoms with Gasteiger partial charge in [-0.15, -0.1) is 0 Å². The number of nitrogens with zero attached hydrogens (tertiary/aromatic N) is 1. The fraction of sp³-hybridized carbons (Fsp3) is 0.333. The molecule has 2 aromatic carbocycles. The predicted octanol–water partition coefficient (Wildman–Crippen LogP) is 4.83. The number of halogens is 2. The minimum atomic E-state index is -0.595. The summed E-state index contributed by atoms with van der Waals surface area (Å²) in [5, 5.41) is 4.11. The second-order valence-corrected chi connectivity index (χ2v) is 7.23. The van der Waals surface area contributed by atoms with E-state index in [0.29, 0.717) is 29.6 Å². The maximum Gasteiger partial charge on any atom is 0.242 e. The monoisotopic (exact) mass is 406 g/mol. The minimum absolute atomic E-state index is 0.0483. The van der Waals surface area contributed by atoms with Crippen molar-refractivity contribution in [1.82, 2.24) is 10.2 Å². The number of benzene rings is 2. The fourth-order valence-corrected chi connectivity index (χ4v) is 3.03. The van der Waals surface area contributed by atoms with Gasteiger partial charge in [0.1, 0.15) is 6.04 Å². The van der Waals surface area contributed by atoms with Crippen LogP contribution >= 0.6 is 23.2 Å². The molecule has 0 aromatic heterocycles. The molecule has 1 atom stereocenters. The highest BCUT2D eigenvalue weighted by atomic mass is 35.5. The Kier molecular flexibility index (Phi) is 8.14. The van der Waals surface area contributed by atoms with Gasteiger partial charge in [-0.05, 0) is 42.7 Å². The zero-order chi connectivity index (χ0) is 19.8. The molecule has 0 saturated carbocycles. The molecule has 0 spiro atoms. The van der Waals surface area contributed by atoms with Gasteiger partial charge in [-0.2, -0.15) is 0 Å². The first kappa shape index (κ1) is 21.3. The number of hydrogen-bond acceptors (Lipinski definition) is 2. The number of nitrogens with one attached hydrogen (secondary N) is 1. The number of amides is 2. The van der Waals surface area contributed by atoms with E-state index in [1.807, 2.05) is 37.3 Å². The first-order valence-electron chi connectivity index (χ1n) is 8.97. The highest BCUT2D eigenvalue weighted by Crippen LogP contribution is 2.16. The van der Waals surface area contributed by atoms with Crippen LogP contribution in [-0.2, 0) is 22.7 Å². The van der Waals surface area contributed by atoms with Crippen molar-refractivity contribution in [2.45, 2.75) is 45.8 Å². The second kappa shape index (κ2) is 10.3. The highest BCUT2D eigenvalue weighted by Gasteiger charge is 2.25. The zero-order valence-corrected chi connectivity index (χ0v) is 17.1. The Hall–Kier alpha value is -2.04. The average Bonchev–Trinajstić information content (AvgIpc) is 2.66. The van der Waals surface area contributed by atoms with Crippen LogP contribution in [0.25, 0.3) is 0 Å². The van der Waals surface area contributed by atoms with E-state index in [2.05, 4.69) is 5.32 Å². The van der Waals surface area contributed by atoms with E-state index in [1.165, 1.54) is 0 Å². The topological polar surface area (TPSA) is 49.4 Å². The van der Waals surface area contributed by atoms with Gasteiger partial charge in [0.15, 0.2) is 0 Å². The Morgan fingerprint density at radius 3 is 2.37 bits per heavy atom. The van der Waals surface area contributed by atoms with Gasteiger partial charge in [0.05, 0.1) is 0 Å². The van der Waals surface area contributed by atoms with Crippen molar-refractivity contribution in [1.29, 1.82) is 0 Å². The van der Waals surface area contributed by atoms with E-state index < -0.39 is 6.04 Å². The first-order valence-corrected chi connectivity index (χ1v) is 9.73. The molecule has 27 heavy (non-hydrogen) atoms. The molecule has 4 nitrogen and oxygen atoms in total. The lowest BCUT2D eigenvalue weighted by molar-refractivity contribution is -0.140. The summed E-state index contributed by atoms with van der Waals surface area (Å²) in [6.45, 7) is 4.36. The van der Waals surface area contributed by atoms with Crippen molar-refractivity contribution in [3.05, 3.63) is 69.7 Å². The Balaban J connectivity index is 2.08. The molecule has 0 unspecified atom stereocenters. The average molecular weight is 407 g/mol. The van der Waals surface area contributed by atoms with Crippen LogP contribution in [0.15, 0.2) is 48.5 Å². The molecule has 144 valence electrons. The fourth-order valence-electron chi connectivity index (χ4n) is 2.70. The van der Waals surface area contributed by atoms with Gasteiger partial charge < -0.3 is 10.2 Å². The van der Waals surface area contributed by atoms with Gasteiger partial charge in [-0.3, -0.25) is 9.59 Å². The van der Waals surface area contributed by atoms with Crippen molar-refractivity contribution in [3.8, 4) is 0 Å². The van der Waals surface area contributed by atoms with E-state index in [0.717, 1.165) is 17.5 Å². The maximum absolute atomic E-state index is 12.7. The van der Waals surface area contributed by atoms with Gasteiger partial charge >= 0.3 is 0 Å². The van der Waals surface area contributed by atoms with E-state index in [1.54, 1.807) is 30.0 Å². The molecule has 0 bridgehead atoms. The van der Waals surface area contributed by atoms with Gasteiger partial charge in [-0.1, -0.05) is 60.5 Å². The largest absolute Gasteiger partial charge is 0.350 e. The Morgan fingerprint density at radius 1 is 1.07 bits per heavy atom. The molecular formula is C21H24Cl2N2O2. The third kappa shape index (κ3) is 6.26. The lowest BCUT2D eigenvalue weighted by Gasteiger charge is -2.29. The molecule has 0 radical (unpaired) electrons. The van der Waals surface area contributed by atoms with Crippen LogP contribution in [-0.4, -0.2) is 22.8 Å². The maximum atomic E-state index is 12.7. The minimum Gasteiger partial charge on any atom is -0.350 e. The van der Waals surface area contributed by atoms with Crippen molar-refractivity contribution in [3.63, 3.8) is 0 Å². The molecule has 2 rings (SSSR count). The van der Waals surface area contributed by atoms with Crippen molar-refractivity contribution >= 4 is 35.0 Å². The summed E-state index contributed by atoms with van der Waals surface area (Å²) in [6, 6.07) is 14.0. The van der Waals surface area contributed by atoms with Crippen LogP contribution in [0.2, 0.25) is 10.0 Å². The first-order chi connectivity index (χ1) is 12.9. The zero-order valence-electron chi connectivity index (χ0n) is 15.5. The van der Waals surface area contributed by atoms with Crippen molar-refractivity contribution in [2.24, 2.45) is 0 Å². The van der Waals surface area contributed by atoms with Crippen LogP contribution < -0.4 is 5.32 Å². The molecule has 0 fully saturated rings. The summed E-state index contributed by atoms with van der Waals surface area (Å²) in [6.07, 6.45) is 1.12. The summed E-state index contributed by atoms with van der Waals surface area (Å²) >= 11 is 12.1. The van der Waals surface area contributed by atoms with Gasteiger partial charge in [0.2, 0.25) is 11.8 Å². The van der Waals surface area contributed by atoms with Gasteiger partial charge in [-0.25, -0.2) is 0 Å². The standard InChI is InChI=1S/C21H24Cl2N2O2/c1-3-6-20(26)25(14-16-9-11-18(22)12-10-16)15(2)21(27)24-13-17-7-4-5-8-19(17)23/h4-5,7-12,15H,3,6,13-14H2,1-2H3,(H,24,27)/t15-/m1/s1. The SMILES string of the molecule is CCCC(=O)N(Cc1ccc(Cl)cc1)[C@H](C)C(=O)NCc1ccccc1Cl. The third-order valence-corrected chi connectivity index (χ3v) is 4.93. The van der Waals surface area contributed by atoms with Gasteiger partial charge in [0.25, 0.3) is 0 Å². The van der Waals surface area contributed by atoms with Crippen LogP contribution in [0.5, 0.6) is 0 Å². The molecule has 0 aliphatic rings. The third-order valence-electron chi connectivity index (χ3n) is 4.31. The van der Waals surface area contributed by atoms with Crippen LogP contribution in [0, 0.1) is 0 Å². The van der Waals surface area contributed by atoms with E-state index >= 15 is 0 Å². The highest BCUT2D eigenvalue weighted by molar-refractivity contribution is 6.31. The molecule has 0 heterocycles. The van der Waals surface area contributed by atoms with Crippen LogP contribution in [0.1, 0.15) is 37.8 Å². The normalized spacial score (nSPS) is 11.7. The van der Waals surface area contributed by atoms with Crippen LogP contribution in [0.3, 0.4) is 0 Å². The number of carbonyl (C=O) groups excluding carboxylic acids is 2. The summed E-state index contributed by atoms with van der Waals surface area (Å²) in [7, 11) is 0. The summed E-state index contributed by atoms with van der Waals surface area (Å²) in [5.74, 6) is -0.263. The molecule has 0 aliphatic heterocycles. The molecule has 0 saturated heterocycles. The number of carbonyl (C=O) groups is 2. The molecule has 2 amide bonds. The molecular weight excluding hydrogens is 383 g/mol. The summed E-state index contributed by atoms with van der Waals surface area (Å²) < 4.78 is 0. The molecule has 2 aromatic rings. The number of hydrogen-bond donors (Lipinski definition) is 1. The lowest BCUT2D eigenvalue weighted by Crippen LogP contribution is -2.47. The number of rotatable bonds is 8. The smallest absolute Gasteiger partial charge is 0.242 e. The molecule has 1 N–H and O–H groups in total. The summed E-state index contributed by atoms with van der Waals surface area (Å²) in [5.41, 5.74) is 1.76. The quantitative estimate of drug-likeness (QED) is 0.682. The summed E-state index contributed by atoms with van der Waals surface area (Å²) in [4.78, 5) is 26.8. The van der Waals surface area contributed by atoms with E-state index in [9.17, 15) is 9.59 Å². The van der Waals surface area contributed by atoms with Crippen molar-refractivity contribution < 1.29 is 9.59 Å². The Bertz CT molecular complexity index is 778. The van der Waals surface area contributed by atoms with Gasteiger partial charge in [0, 0.05) is 29.6 Å². The predicted molar refractivity (Wildman–Crippen MR) is 110 cm³/mol. The Morgan fingerprint density at radius 2 is 1.74 bits per heavy atom.